The van der Waals surface area contributed by atoms with E-state index in [1.807, 2.05) is 24.3 Å². The van der Waals surface area contributed by atoms with Crippen molar-refractivity contribution < 1.29 is 14.7 Å². The van der Waals surface area contributed by atoms with Gasteiger partial charge in [-0.2, -0.15) is 0 Å². The van der Waals surface area contributed by atoms with Crippen LogP contribution in [0.3, 0.4) is 0 Å². The lowest BCUT2D eigenvalue weighted by Gasteiger charge is -2.12. The first-order valence-electron chi connectivity index (χ1n) is 6.82. The van der Waals surface area contributed by atoms with Gasteiger partial charge in [-0.05, 0) is 41.6 Å². The van der Waals surface area contributed by atoms with Crippen LogP contribution >= 0.6 is 27.7 Å². The van der Waals surface area contributed by atoms with Crippen molar-refractivity contribution in [3.63, 3.8) is 0 Å². The fourth-order valence-electron chi connectivity index (χ4n) is 2.16. The number of hydrogen-bond donors (Lipinski definition) is 1. The minimum Gasteiger partial charge on any atom is -0.507 e. The van der Waals surface area contributed by atoms with Crippen molar-refractivity contribution in [3.8, 4) is 5.75 Å². The molecule has 116 valence electrons. The van der Waals surface area contributed by atoms with E-state index >= 15 is 0 Å². The predicted octanol–water partition coefficient (Wildman–Crippen LogP) is 4.39. The minimum atomic E-state index is -0.342. The Labute approximate surface area is 145 Å². The minimum absolute atomic E-state index is 0.0761. The van der Waals surface area contributed by atoms with Gasteiger partial charge in [0.2, 0.25) is 0 Å². The summed E-state index contributed by atoms with van der Waals surface area (Å²) < 4.78 is 0.940. The van der Waals surface area contributed by atoms with Crippen molar-refractivity contribution in [2.75, 3.05) is 0 Å². The van der Waals surface area contributed by atoms with Crippen molar-refractivity contribution in [2.45, 2.75) is 6.54 Å². The predicted molar refractivity (Wildman–Crippen MR) is 93.8 cm³/mol. The number of phenols is 1. The van der Waals surface area contributed by atoms with Crippen molar-refractivity contribution in [1.82, 2.24) is 4.90 Å². The molecule has 1 heterocycles. The number of benzene rings is 2. The third kappa shape index (κ3) is 3.48. The Hall–Kier alpha value is -2.05. The number of carbonyl (C=O) groups is 2. The lowest BCUT2D eigenvalue weighted by Crippen LogP contribution is -2.27. The van der Waals surface area contributed by atoms with Gasteiger partial charge in [0.25, 0.3) is 11.1 Å². The van der Waals surface area contributed by atoms with Gasteiger partial charge in [-0.1, -0.05) is 46.3 Å². The van der Waals surface area contributed by atoms with Gasteiger partial charge in [-0.3, -0.25) is 14.5 Å². The average molecular weight is 390 g/mol. The number of imide groups is 1. The zero-order valence-electron chi connectivity index (χ0n) is 11.9. The number of nitrogens with zero attached hydrogens (tertiary/aromatic N) is 1. The summed E-state index contributed by atoms with van der Waals surface area (Å²) in [4.78, 5) is 26.0. The summed E-state index contributed by atoms with van der Waals surface area (Å²) in [6.45, 7) is 0.232. The highest BCUT2D eigenvalue weighted by molar-refractivity contribution is 9.10. The first kappa shape index (κ1) is 15.8. The summed E-state index contributed by atoms with van der Waals surface area (Å²) in [5.41, 5.74) is 1.39. The third-order valence-electron chi connectivity index (χ3n) is 3.35. The topological polar surface area (TPSA) is 57.6 Å². The fraction of sp³-hybridized carbons (Fsp3) is 0.0588. The third-order valence-corrected chi connectivity index (χ3v) is 4.79. The maximum absolute atomic E-state index is 12.4. The summed E-state index contributed by atoms with van der Waals surface area (Å²) in [6.07, 6.45) is 1.54. The van der Waals surface area contributed by atoms with Gasteiger partial charge in [0.1, 0.15) is 5.75 Å². The molecule has 3 rings (SSSR count). The van der Waals surface area contributed by atoms with E-state index in [9.17, 15) is 14.7 Å². The van der Waals surface area contributed by atoms with Gasteiger partial charge in [0.15, 0.2) is 0 Å². The first-order chi connectivity index (χ1) is 11.0. The first-order valence-corrected chi connectivity index (χ1v) is 8.43. The molecule has 0 saturated carbocycles. The van der Waals surface area contributed by atoms with Crippen molar-refractivity contribution in [2.24, 2.45) is 0 Å². The zero-order valence-corrected chi connectivity index (χ0v) is 14.3. The average Bonchev–Trinajstić information content (AvgIpc) is 2.79. The number of phenolic OH excluding ortho intramolecular Hbond substituents is 1. The number of rotatable bonds is 3. The normalized spacial score (nSPS) is 16.4. The highest BCUT2D eigenvalue weighted by atomic mass is 79.9. The van der Waals surface area contributed by atoms with Crippen LogP contribution in [0.5, 0.6) is 5.75 Å². The van der Waals surface area contributed by atoms with Gasteiger partial charge >= 0.3 is 0 Å². The summed E-state index contributed by atoms with van der Waals surface area (Å²) in [6, 6.07) is 14.2. The van der Waals surface area contributed by atoms with E-state index in [-0.39, 0.29) is 23.4 Å². The van der Waals surface area contributed by atoms with Crippen molar-refractivity contribution >= 4 is 44.9 Å². The number of para-hydroxylation sites is 1. The second kappa shape index (κ2) is 6.60. The number of halogens is 1. The Kier molecular flexibility index (Phi) is 4.54. The van der Waals surface area contributed by atoms with Crippen molar-refractivity contribution in [3.05, 3.63) is 69.0 Å². The molecular formula is C17H12BrNO3S. The van der Waals surface area contributed by atoms with Gasteiger partial charge in [0.05, 0.1) is 11.4 Å². The molecule has 1 N–H and O–H groups in total. The molecule has 1 aliphatic heterocycles. The second-order valence-electron chi connectivity index (χ2n) is 4.95. The van der Waals surface area contributed by atoms with Crippen LogP contribution in [-0.4, -0.2) is 21.2 Å². The molecular weight excluding hydrogens is 378 g/mol. The highest BCUT2D eigenvalue weighted by Crippen LogP contribution is 2.34. The lowest BCUT2D eigenvalue weighted by molar-refractivity contribution is -0.123. The van der Waals surface area contributed by atoms with Gasteiger partial charge in [0, 0.05) is 10.0 Å². The monoisotopic (exact) mass is 389 g/mol. The number of hydrogen-bond acceptors (Lipinski definition) is 4. The van der Waals surface area contributed by atoms with Crippen molar-refractivity contribution in [1.29, 1.82) is 0 Å². The fourth-order valence-corrected chi connectivity index (χ4v) is 3.25. The van der Waals surface area contributed by atoms with Gasteiger partial charge < -0.3 is 5.11 Å². The molecule has 0 aromatic heterocycles. The molecule has 0 spiro atoms. The Morgan fingerprint density at radius 1 is 1.09 bits per heavy atom. The lowest BCUT2D eigenvalue weighted by atomic mass is 10.2. The highest BCUT2D eigenvalue weighted by Gasteiger charge is 2.35. The van der Waals surface area contributed by atoms with Gasteiger partial charge in [-0.15, -0.1) is 0 Å². The quantitative estimate of drug-likeness (QED) is 0.790. The standard InChI is InChI=1S/C17H12BrNO3S/c18-13-7-5-11(6-8-13)10-19-16(21)15(23-17(19)22)9-12-3-1-2-4-14(12)20/h1-9,20H,10H2/b15-9-. The smallest absolute Gasteiger partial charge is 0.293 e. The molecule has 0 atom stereocenters. The van der Waals surface area contributed by atoms with E-state index in [2.05, 4.69) is 15.9 Å². The van der Waals surface area contributed by atoms with Crippen LogP contribution in [-0.2, 0) is 11.3 Å². The van der Waals surface area contributed by atoms with E-state index in [4.69, 9.17) is 0 Å². The molecule has 2 aromatic carbocycles. The zero-order chi connectivity index (χ0) is 16.4. The molecule has 4 nitrogen and oxygen atoms in total. The van der Waals surface area contributed by atoms with Crippen LogP contribution in [0.4, 0.5) is 4.79 Å². The van der Waals surface area contributed by atoms with Crippen LogP contribution in [0.1, 0.15) is 11.1 Å². The molecule has 2 aromatic rings. The van der Waals surface area contributed by atoms with E-state index in [1.165, 1.54) is 11.0 Å². The summed E-state index contributed by atoms with van der Waals surface area (Å²) in [5.74, 6) is -0.265. The number of carbonyl (C=O) groups excluding carboxylic acids is 2. The summed E-state index contributed by atoms with van der Waals surface area (Å²) >= 11 is 4.24. The summed E-state index contributed by atoms with van der Waals surface area (Å²) in [7, 11) is 0. The van der Waals surface area contributed by atoms with E-state index in [0.717, 1.165) is 21.8 Å². The SMILES string of the molecule is O=C1S/C(=C\c2ccccc2O)C(=O)N1Cc1ccc(Br)cc1. The van der Waals surface area contributed by atoms with Crippen LogP contribution in [0.15, 0.2) is 57.9 Å². The Bertz CT molecular complexity index is 802. The Morgan fingerprint density at radius 2 is 1.78 bits per heavy atom. The largest absolute Gasteiger partial charge is 0.507 e. The molecule has 6 heteroatoms. The van der Waals surface area contributed by atoms with Gasteiger partial charge in [-0.25, -0.2) is 0 Å². The molecule has 0 unspecified atom stereocenters. The van der Waals surface area contributed by atoms with Crippen LogP contribution < -0.4 is 0 Å². The molecule has 1 fully saturated rings. The molecule has 0 bridgehead atoms. The maximum Gasteiger partial charge on any atom is 0.293 e. The molecule has 1 saturated heterocycles. The van der Waals surface area contributed by atoms with Crippen LogP contribution in [0, 0.1) is 0 Å². The molecule has 23 heavy (non-hydrogen) atoms. The van der Waals surface area contributed by atoms with E-state index < -0.39 is 0 Å². The number of thioether (sulfide) groups is 1. The molecule has 0 aliphatic carbocycles. The van der Waals surface area contributed by atoms with Crippen LogP contribution in [0.2, 0.25) is 0 Å². The summed E-state index contributed by atoms with van der Waals surface area (Å²) in [5, 5.41) is 9.48. The van der Waals surface area contributed by atoms with E-state index in [0.29, 0.717) is 10.5 Å². The number of amides is 2. The molecule has 0 radical (unpaired) electrons. The molecule has 2 amide bonds. The van der Waals surface area contributed by atoms with E-state index in [1.54, 1.807) is 24.3 Å². The second-order valence-corrected chi connectivity index (χ2v) is 6.86. The molecule has 1 aliphatic rings. The van der Waals surface area contributed by atoms with Crippen LogP contribution in [0.25, 0.3) is 6.08 Å². The Morgan fingerprint density at radius 3 is 2.48 bits per heavy atom. The number of aromatic hydroxyl groups is 1. The Balaban J connectivity index is 1.82. The maximum atomic E-state index is 12.4.